The van der Waals surface area contributed by atoms with Crippen LogP contribution in [-0.4, -0.2) is 78.8 Å². The summed E-state index contributed by atoms with van der Waals surface area (Å²) in [5.74, 6) is -3.05. The maximum atomic E-state index is 14.2. The highest BCUT2D eigenvalue weighted by Gasteiger charge is 2.70. The van der Waals surface area contributed by atoms with Crippen LogP contribution in [0.5, 0.6) is 0 Å². The van der Waals surface area contributed by atoms with Crippen LogP contribution in [0.15, 0.2) is 35.2 Å². The van der Waals surface area contributed by atoms with Crippen LogP contribution >= 0.6 is 0 Å². The number of carbonyl (C=O) groups excluding carboxylic acids is 5. The molecule has 1 heterocycles. The molecule has 0 aromatic heterocycles. The van der Waals surface area contributed by atoms with Crippen LogP contribution in [0.1, 0.15) is 66.7 Å². The Morgan fingerprint density at radius 3 is 2.18 bits per heavy atom. The predicted octanol–water partition coefficient (Wildman–Crippen LogP) is 1.53. The first-order valence-corrected chi connectivity index (χ1v) is 17.3. The molecule has 1 aromatic carbocycles. The lowest BCUT2D eigenvalue weighted by atomic mass is 9.85. The Morgan fingerprint density at radius 1 is 1.02 bits per heavy atom. The van der Waals surface area contributed by atoms with E-state index in [-0.39, 0.29) is 33.8 Å². The Bertz CT molecular complexity index is 1490. The summed E-state index contributed by atoms with van der Waals surface area (Å²) in [7, 11) is -3.66. The Kier molecular flexibility index (Phi) is 8.33. The first-order valence-electron chi connectivity index (χ1n) is 15.7. The molecule has 13 heteroatoms. The van der Waals surface area contributed by atoms with Crippen molar-refractivity contribution in [1.82, 2.24) is 20.9 Å². The molecular weight excluding hydrogens is 598 g/mol. The van der Waals surface area contributed by atoms with Gasteiger partial charge in [0.2, 0.25) is 17.6 Å². The molecule has 5 N–H and O–H groups in total. The molecule has 5 rings (SSSR count). The highest BCUT2D eigenvalue weighted by Crippen LogP contribution is 2.65. The van der Waals surface area contributed by atoms with Crippen molar-refractivity contribution < 1.29 is 32.4 Å². The third kappa shape index (κ3) is 6.87. The molecule has 0 spiro atoms. The van der Waals surface area contributed by atoms with Crippen LogP contribution in [0.25, 0.3) is 0 Å². The van der Waals surface area contributed by atoms with Crippen LogP contribution < -0.4 is 21.7 Å². The molecule has 3 saturated carbocycles. The maximum Gasteiger partial charge on any atom is 0.315 e. The number of nitrogens with two attached hydrogens (primary N) is 1. The standard InChI is InChI=1S/C32H45N5O7S/c1-30(2,3)25(35-29(42)36-32(13-14-32)17-45(43,44)19-9-7-6-8-10-19)28(41)37-16-20-22(31(20,4)5)23(37)27(40)34-21(15-18-11-12-18)24(38)26(33)39/h6-10,18,20-23,25H,11-17H2,1-5H3,(H2,33,39)(H,34,40)(H2,35,36,42)/t20-,21?,22-,23-,25+/m0/s1. The number of ketones is 1. The van der Waals surface area contributed by atoms with Gasteiger partial charge in [-0.15, -0.1) is 0 Å². The molecule has 45 heavy (non-hydrogen) atoms. The van der Waals surface area contributed by atoms with Gasteiger partial charge < -0.3 is 26.6 Å². The van der Waals surface area contributed by atoms with Crippen molar-refractivity contribution in [2.45, 2.75) is 95.3 Å². The van der Waals surface area contributed by atoms with E-state index in [2.05, 4.69) is 16.0 Å². The first kappa shape index (κ1) is 32.9. The number of likely N-dealkylation sites (tertiary alicyclic amines) is 1. The average molecular weight is 644 g/mol. The lowest BCUT2D eigenvalue weighted by Gasteiger charge is -2.38. The number of fused-ring (bicyclic) bond motifs is 1. The van der Waals surface area contributed by atoms with Crippen LogP contribution in [-0.2, 0) is 29.0 Å². The summed E-state index contributed by atoms with van der Waals surface area (Å²) in [6.07, 6.45) is 3.11. The molecular formula is C32H45N5O7S. The van der Waals surface area contributed by atoms with E-state index in [0.717, 1.165) is 12.8 Å². The van der Waals surface area contributed by atoms with Crippen molar-refractivity contribution in [1.29, 1.82) is 0 Å². The molecule has 1 aromatic rings. The number of nitrogens with zero attached hydrogens (tertiary/aromatic N) is 1. The van der Waals surface area contributed by atoms with E-state index in [1.807, 2.05) is 13.8 Å². The van der Waals surface area contributed by atoms with Crippen molar-refractivity contribution in [2.75, 3.05) is 12.3 Å². The number of hydrogen-bond donors (Lipinski definition) is 4. The smallest absolute Gasteiger partial charge is 0.315 e. The maximum absolute atomic E-state index is 14.2. The van der Waals surface area contributed by atoms with E-state index in [1.54, 1.807) is 39.0 Å². The zero-order valence-corrected chi connectivity index (χ0v) is 27.4. The molecule has 12 nitrogen and oxygen atoms in total. The van der Waals surface area contributed by atoms with Crippen LogP contribution in [0.3, 0.4) is 0 Å². The molecule has 4 fully saturated rings. The number of hydrogen-bond acceptors (Lipinski definition) is 7. The molecule has 1 aliphatic heterocycles. The molecule has 3 aliphatic carbocycles. The SMILES string of the molecule is CC(C)(C)[C@H](NC(=O)NC1(CS(=O)(=O)c2ccccc2)CC1)C(=O)N1C[C@H]2[C@@H]([C@H]1C(=O)NC(CC1CC1)C(=O)C(N)=O)C2(C)C. The highest BCUT2D eigenvalue weighted by molar-refractivity contribution is 7.91. The van der Waals surface area contributed by atoms with Gasteiger partial charge in [-0.1, -0.05) is 65.7 Å². The van der Waals surface area contributed by atoms with Crippen molar-refractivity contribution in [3.05, 3.63) is 30.3 Å². The predicted molar refractivity (Wildman–Crippen MR) is 165 cm³/mol. The minimum Gasteiger partial charge on any atom is -0.363 e. The van der Waals surface area contributed by atoms with Crippen molar-refractivity contribution in [3.63, 3.8) is 0 Å². The van der Waals surface area contributed by atoms with Gasteiger partial charge in [0.05, 0.1) is 22.2 Å². The average Bonchev–Trinajstić information content (AvgIpc) is 3.91. The van der Waals surface area contributed by atoms with Gasteiger partial charge in [-0.2, -0.15) is 0 Å². The molecule has 0 bridgehead atoms. The quantitative estimate of drug-likeness (QED) is 0.249. The fourth-order valence-electron chi connectivity index (χ4n) is 6.91. The number of sulfone groups is 1. The molecule has 5 atom stereocenters. The largest absolute Gasteiger partial charge is 0.363 e. The van der Waals surface area contributed by atoms with Gasteiger partial charge in [-0.05, 0) is 60.0 Å². The summed E-state index contributed by atoms with van der Waals surface area (Å²) in [6, 6.07) is 4.42. The summed E-state index contributed by atoms with van der Waals surface area (Å²) >= 11 is 0. The number of rotatable bonds is 12. The summed E-state index contributed by atoms with van der Waals surface area (Å²) in [5.41, 5.74) is 3.37. The molecule has 4 aliphatic rings. The second kappa shape index (κ2) is 11.4. The third-order valence-electron chi connectivity index (χ3n) is 10.1. The Hall–Kier alpha value is -3.48. The van der Waals surface area contributed by atoms with Gasteiger partial charge >= 0.3 is 6.03 Å². The zero-order chi connectivity index (χ0) is 33.1. The summed E-state index contributed by atoms with van der Waals surface area (Å²) in [6.45, 7) is 9.78. The van der Waals surface area contributed by atoms with E-state index in [1.165, 1.54) is 17.0 Å². The molecule has 246 valence electrons. The first-order chi connectivity index (χ1) is 20.9. The monoisotopic (exact) mass is 643 g/mol. The number of amides is 5. The van der Waals surface area contributed by atoms with E-state index in [0.29, 0.717) is 25.8 Å². The van der Waals surface area contributed by atoms with Gasteiger partial charge in [0.1, 0.15) is 12.1 Å². The Morgan fingerprint density at radius 2 is 1.64 bits per heavy atom. The van der Waals surface area contributed by atoms with E-state index in [9.17, 15) is 32.4 Å². The number of benzene rings is 1. The fraction of sp³-hybridized carbons (Fsp3) is 0.656. The van der Waals surface area contributed by atoms with Crippen LogP contribution in [0.4, 0.5) is 4.79 Å². The van der Waals surface area contributed by atoms with Crippen molar-refractivity contribution in [3.8, 4) is 0 Å². The minimum absolute atomic E-state index is 0.0540. The summed E-state index contributed by atoms with van der Waals surface area (Å²) < 4.78 is 26.0. The highest BCUT2D eigenvalue weighted by atomic mass is 32.2. The zero-order valence-electron chi connectivity index (χ0n) is 26.6. The van der Waals surface area contributed by atoms with E-state index >= 15 is 0 Å². The van der Waals surface area contributed by atoms with Gasteiger partial charge in [-0.3, -0.25) is 19.2 Å². The molecule has 1 saturated heterocycles. The van der Waals surface area contributed by atoms with Crippen molar-refractivity contribution >= 4 is 39.4 Å². The van der Waals surface area contributed by atoms with Crippen LogP contribution in [0, 0.1) is 28.6 Å². The lowest BCUT2D eigenvalue weighted by molar-refractivity contribution is -0.145. The number of Topliss-reactive ketones (excluding diaryl/α,β-unsaturated/α-hetero) is 1. The Balaban J connectivity index is 1.30. The van der Waals surface area contributed by atoms with Gasteiger partial charge in [0, 0.05) is 6.54 Å². The number of urea groups is 1. The van der Waals surface area contributed by atoms with E-state index in [4.69, 9.17) is 5.73 Å². The van der Waals surface area contributed by atoms with Gasteiger partial charge in [-0.25, -0.2) is 13.2 Å². The summed E-state index contributed by atoms with van der Waals surface area (Å²) in [5, 5.41) is 8.35. The van der Waals surface area contributed by atoms with Gasteiger partial charge in [0.15, 0.2) is 9.84 Å². The topological polar surface area (TPSA) is 185 Å². The lowest BCUT2D eigenvalue weighted by Crippen LogP contribution is -2.62. The normalized spacial score (nSPS) is 25.7. The van der Waals surface area contributed by atoms with Gasteiger partial charge in [0.25, 0.3) is 5.91 Å². The summed E-state index contributed by atoms with van der Waals surface area (Å²) in [4.78, 5) is 67.3. The number of nitrogens with one attached hydrogen (secondary N) is 3. The fourth-order valence-corrected chi connectivity index (χ4v) is 8.74. The second-order valence-electron chi connectivity index (χ2n) is 15.1. The number of carbonyl (C=O) groups is 5. The molecule has 5 amide bonds. The number of primary amides is 1. The third-order valence-corrected chi connectivity index (χ3v) is 12.0. The molecule has 1 unspecified atom stereocenters. The number of piperidine rings is 1. The molecule has 0 radical (unpaired) electrons. The van der Waals surface area contributed by atoms with Crippen LogP contribution in [0.2, 0.25) is 0 Å². The minimum atomic E-state index is -3.66. The Labute approximate surface area is 264 Å². The van der Waals surface area contributed by atoms with Crippen molar-refractivity contribution in [2.24, 2.45) is 34.3 Å². The van der Waals surface area contributed by atoms with E-state index < -0.39 is 68.5 Å². The second-order valence-corrected chi connectivity index (χ2v) is 17.1.